The predicted octanol–water partition coefficient (Wildman–Crippen LogP) is 0.391. The molecule has 0 aromatic carbocycles. The number of amides is 1. The Morgan fingerprint density at radius 3 is 2.60 bits per heavy atom. The molecule has 2 unspecified atom stereocenters. The van der Waals surface area contributed by atoms with Crippen molar-refractivity contribution in [2.45, 2.75) is 51.1 Å². The summed E-state index contributed by atoms with van der Waals surface area (Å²) in [6, 6.07) is -0.0201. The molecule has 0 saturated heterocycles. The zero-order chi connectivity index (χ0) is 11.5. The molecule has 4 N–H and O–H groups in total. The van der Waals surface area contributed by atoms with E-state index in [2.05, 4.69) is 5.32 Å². The molecule has 0 aromatic rings. The average Bonchev–Trinajstić information content (AvgIpc) is 2.17. The van der Waals surface area contributed by atoms with Crippen molar-refractivity contribution in [3.05, 3.63) is 0 Å². The lowest BCUT2D eigenvalue weighted by Gasteiger charge is -2.31. The number of rotatable bonds is 3. The van der Waals surface area contributed by atoms with E-state index in [4.69, 9.17) is 10.8 Å². The van der Waals surface area contributed by atoms with Crippen LogP contribution in [0.4, 0.5) is 0 Å². The predicted molar refractivity (Wildman–Crippen MR) is 59.2 cm³/mol. The molecule has 1 saturated carbocycles. The van der Waals surface area contributed by atoms with E-state index in [0.717, 1.165) is 25.7 Å². The zero-order valence-corrected chi connectivity index (χ0v) is 9.62. The summed E-state index contributed by atoms with van der Waals surface area (Å²) in [5.74, 6) is -0.0918. The summed E-state index contributed by atoms with van der Waals surface area (Å²) in [5, 5.41) is 11.9. The van der Waals surface area contributed by atoms with Crippen molar-refractivity contribution in [1.82, 2.24) is 5.32 Å². The van der Waals surface area contributed by atoms with Crippen molar-refractivity contribution in [3.8, 4) is 0 Å². The van der Waals surface area contributed by atoms with E-state index >= 15 is 0 Å². The smallest absolute Gasteiger partial charge is 0.225 e. The molecule has 0 radical (unpaired) electrons. The molecule has 4 heteroatoms. The first kappa shape index (κ1) is 12.5. The Hall–Kier alpha value is -0.610. The minimum Gasteiger partial charge on any atom is -0.394 e. The van der Waals surface area contributed by atoms with E-state index in [9.17, 15) is 4.79 Å². The Balaban J connectivity index is 2.52. The zero-order valence-electron chi connectivity index (χ0n) is 9.62. The quantitative estimate of drug-likeness (QED) is 0.636. The second-order valence-electron chi connectivity index (χ2n) is 5.09. The van der Waals surface area contributed by atoms with E-state index < -0.39 is 5.54 Å². The van der Waals surface area contributed by atoms with E-state index in [-0.39, 0.29) is 24.5 Å². The highest BCUT2D eigenvalue weighted by molar-refractivity contribution is 5.80. The molecule has 1 fully saturated rings. The number of hydrogen-bond donors (Lipinski definition) is 3. The molecule has 0 spiro atoms. The van der Waals surface area contributed by atoms with Gasteiger partial charge in [0.1, 0.15) is 0 Å². The standard InChI is InChI=1S/C11H22N2O2/c1-11(2,7-14)13-10(15)8-5-3-4-6-9(8)12/h8-9,14H,3-7,12H2,1-2H3,(H,13,15). The third-order valence-corrected chi connectivity index (χ3v) is 3.01. The van der Waals surface area contributed by atoms with Crippen molar-refractivity contribution in [2.75, 3.05) is 6.61 Å². The van der Waals surface area contributed by atoms with Gasteiger partial charge >= 0.3 is 0 Å². The molecule has 15 heavy (non-hydrogen) atoms. The molecule has 1 rings (SSSR count). The fourth-order valence-electron chi connectivity index (χ4n) is 1.95. The highest BCUT2D eigenvalue weighted by atomic mass is 16.3. The van der Waals surface area contributed by atoms with Crippen LogP contribution in [-0.4, -0.2) is 29.2 Å². The summed E-state index contributed by atoms with van der Waals surface area (Å²) < 4.78 is 0. The maximum absolute atomic E-state index is 11.9. The number of nitrogens with two attached hydrogens (primary N) is 1. The van der Waals surface area contributed by atoms with Gasteiger partial charge < -0.3 is 16.2 Å². The van der Waals surface area contributed by atoms with Crippen LogP contribution in [0, 0.1) is 5.92 Å². The fraction of sp³-hybridized carbons (Fsp3) is 0.909. The lowest BCUT2D eigenvalue weighted by molar-refractivity contribution is -0.128. The van der Waals surface area contributed by atoms with Gasteiger partial charge in [0.25, 0.3) is 0 Å². The Morgan fingerprint density at radius 2 is 2.07 bits per heavy atom. The highest BCUT2D eigenvalue weighted by Gasteiger charge is 2.31. The summed E-state index contributed by atoms with van der Waals surface area (Å²) in [5.41, 5.74) is 5.37. The van der Waals surface area contributed by atoms with Gasteiger partial charge in [-0.2, -0.15) is 0 Å². The second-order valence-corrected chi connectivity index (χ2v) is 5.09. The van der Waals surface area contributed by atoms with Gasteiger partial charge in [-0.05, 0) is 26.7 Å². The Labute approximate surface area is 91.2 Å². The normalized spacial score (nSPS) is 27.5. The first-order chi connectivity index (χ1) is 6.96. The summed E-state index contributed by atoms with van der Waals surface area (Å²) in [6.07, 6.45) is 3.99. The molecule has 2 atom stereocenters. The highest BCUT2D eigenvalue weighted by Crippen LogP contribution is 2.23. The number of nitrogens with one attached hydrogen (secondary N) is 1. The van der Waals surface area contributed by atoms with Crippen LogP contribution >= 0.6 is 0 Å². The number of aliphatic hydroxyl groups is 1. The van der Waals surface area contributed by atoms with Crippen molar-refractivity contribution in [1.29, 1.82) is 0 Å². The van der Waals surface area contributed by atoms with Crippen LogP contribution in [0.3, 0.4) is 0 Å². The van der Waals surface area contributed by atoms with Gasteiger partial charge in [0, 0.05) is 6.04 Å². The molecule has 0 bridgehead atoms. The maximum atomic E-state index is 11.9. The molecule has 0 heterocycles. The van der Waals surface area contributed by atoms with E-state index in [1.54, 1.807) is 13.8 Å². The van der Waals surface area contributed by atoms with E-state index in [1.165, 1.54) is 0 Å². The van der Waals surface area contributed by atoms with Gasteiger partial charge in [-0.25, -0.2) is 0 Å². The van der Waals surface area contributed by atoms with Gasteiger partial charge in [0.2, 0.25) is 5.91 Å². The number of aliphatic hydroxyl groups excluding tert-OH is 1. The van der Waals surface area contributed by atoms with E-state index in [1.807, 2.05) is 0 Å². The van der Waals surface area contributed by atoms with Crippen molar-refractivity contribution in [2.24, 2.45) is 11.7 Å². The molecule has 1 aliphatic rings. The monoisotopic (exact) mass is 214 g/mol. The third kappa shape index (κ3) is 3.47. The van der Waals surface area contributed by atoms with Crippen LogP contribution in [0.1, 0.15) is 39.5 Å². The van der Waals surface area contributed by atoms with Crippen LogP contribution in [0.15, 0.2) is 0 Å². The molecule has 0 aromatic heterocycles. The minimum absolute atomic E-state index is 0.0127. The maximum Gasteiger partial charge on any atom is 0.225 e. The number of carbonyl (C=O) groups is 1. The van der Waals surface area contributed by atoms with Gasteiger partial charge in [0.15, 0.2) is 0 Å². The molecule has 88 valence electrons. The van der Waals surface area contributed by atoms with Crippen LogP contribution in [0.2, 0.25) is 0 Å². The SMILES string of the molecule is CC(C)(CO)NC(=O)C1CCCCC1N. The van der Waals surface area contributed by atoms with Gasteiger partial charge in [-0.15, -0.1) is 0 Å². The fourth-order valence-corrected chi connectivity index (χ4v) is 1.95. The third-order valence-electron chi connectivity index (χ3n) is 3.01. The summed E-state index contributed by atoms with van der Waals surface area (Å²) in [7, 11) is 0. The lowest BCUT2D eigenvalue weighted by Crippen LogP contribution is -2.52. The summed E-state index contributed by atoms with van der Waals surface area (Å²) in [4.78, 5) is 11.9. The lowest BCUT2D eigenvalue weighted by atomic mass is 9.84. The Morgan fingerprint density at radius 1 is 1.47 bits per heavy atom. The van der Waals surface area contributed by atoms with Crippen molar-refractivity contribution < 1.29 is 9.90 Å². The Kier molecular flexibility index (Phi) is 4.11. The van der Waals surface area contributed by atoms with E-state index in [0.29, 0.717) is 0 Å². The largest absolute Gasteiger partial charge is 0.394 e. The first-order valence-electron chi connectivity index (χ1n) is 5.65. The van der Waals surface area contributed by atoms with Crippen molar-refractivity contribution in [3.63, 3.8) is 0 Å². The number of carbonyl (C=O) groups excluding carboxylic acids is 1. The molecular weight excluding hydrogens is 192 g/mol. The van der Waals surface area contributed by atoms with Crippen LogP contribution in [0.25, 0.3) is 0 Å². The van der Waals surface area contributed by atoms with Crippen LogP contribution < -0.4 is 11.1 Å². The summed E-state index contributed by atoms with van der Waals surface area (Å²) >= 11 is 0. The topological polar surface area (TPSA) is 75.3 Å². The molecule has 4 nitrogen and oxygen atoms in total. The molecule has 1 aliphatic carbocycles. The van der Waals surface area contributed by atoms with Crippen LogP contribution in [-0.2, 0) is 4.79 Å². The van der Waals surface area contributed by atoms with Crippen LogP contribution in [0.5, 0.6) is 0 Å². The van der Waals surface area contributed by atoms with Gasteiger partial charge in [-0.3, -0.25) is 4.79 Å². The first-order valence-corrected chi connectivity index (χ1v) is 5.65. The minimum atomic E-state index is -0.547. The van der Waals surface area contributed by atoms with Crippen molar-refractivity contribution >= 4 is 5.91 Å². The second kappa shape index (κ2) is 4.94. The average molecular weight is 214 g/mol. The van der Waals surface area contributed by atoms with Gasteiger partial charge in [-0.1, -0.05) is 12.8 Å². The van der Waals surface area contributed by atoms with Gasteiger partial charge in [0.05, 0.1) is 18.1 Å². The summed E-state index contributed by atoms with van der Waals surface area (Å²) in [6.45, 7) is 3.55. The number of hydrogen-bond acceptors (Lipinski definition) is 3. The molecule has 0 aliphatic heterocycles. The molecular formula is C11H22N2O2. The molecule has 1 amide bonds. The Bertz CT molecular complexity index is 229.